The molecule has 3 aromatic rings. The quantitative estimate of drug-likeness (QED) is 0.315. The van der Waals surface area contributed by atoms with Gasteiger partial charge in [0, 0.05) is 11.6 Å². The molecule has 30 heavy (non-hydrogen) atoms. The fourth-order valence-corrected chi connectivity index (χ4v) is 5.81. The molecule has 0 amide bonds. The lowest BCUT2D eigenvalue weighted by atomic mass is 9.63. The number of aryl methyl sites for hydroxylation is 3. The monoisotopic (exact) mass is 396 g/mol. The average molecular weight is 397 g/mol. The molecule has 1 nitrogen and oxygen atoms in total. The summed E-state index contributed by atoms with van der Waals surface area (Å²) < 4.78 is 2.39. The second-order valence-corrected chi connectivity index (χ2v) is 10.9. The maximum absolute atomic E-state index is 2.52. The molecule has 0 aliphatic heterocycles. The number of pyridine rings is 1. The van der Waals surface area contributed by atoms with Crippen molar-refractivity contribution in [2.75, 3.05) is 0 Å². The zero-order valence-electron chi connectivity index (χ0n) is 19.6. The molecule has 0 bridgehead atoms. The molecule has 2 aliphatic carbocycles. The van der Waals surface area contributed by atoms with Crippen LogP contribution in [-0.4, -0.2) is 0 Å². The SMILES string of the molecule is Cc1cccc2c1Cc1c-2ccc(C)c1-c1cc2c(c[n+]1C)C(C)(C)CCC2(C)C. The number of benzene rings is 2. The van der Waals surface area contributed by atoms with Gasteiger partial charge in [0.25, 0.3) is 0 Å². The van der Waals surface area contributed by atoms with Gasteiger partial charge in [0.1, 0.15) is 7.05 Å². The molecule has 2 aromatic carbocycles. The van der Waals surface area contributed by atoms with Crippen molar-refractivity contribution in [1.29, 1.82) is 0 Å². The Morgan fingerprint density at radius 3 is 2.17 bits per heavy atom. The number of fused-ring (bicyclic) bond motifs is 4. The van der Waals surface area contributed by atoms with Crippen LogP contribution >= 0.6 is 0 Å². The Labute approximate surface area is 181 Å². The van der Waals surface area contributed by atoms with Gasteiger partial charge in [0.05, 0.1) is 5.56 Å². The lowest BCUT2D eigenvalue weighted by molar-refractivity contribution is -0.661. The van der Waals surface area contributed by atoms with Crippen molar-refractivity contribution in [2.24, 2.45) is 7.05 Å². The standard InChI is InChI=1S/C29H34N/c1-18-9-8-10-20-21-12-11-19(2)27(23(21)15-22(18)20)26-16-24-25(17-30(26)7)29(5,6)14-13-28(24,3)4/h8-12,16-17H,13-15H2,1-7H3/q+1. The molecule has 1 heteroatoms. The molecule has 2 aliphatic rings. The van der Waals surface area contributed by atoms with E-state index in [4.69, 9.17) is 0 Å². The molecule has 0 spiro atoms. The molecule has 0 saturated heterocycles. The molecule has 1 heterocycles. The van der Waals surface area contributed by atoms with Crippen molar-refractivity contribution in [3.05, 3.63) is 76.0 Å². The third kappa shape index (κ3) is 2.71. The topological polar surface area (TPSA) is 3.88 Å². The van der Waals surface area contributed by atoms with Crippen molar-refractivity contribution >= 4 is 0 Å². The zero-order valence-corrected chi connectivity index (χ0v) is 19.6. The first kappa shape index (κ1) is 19.5. The fraction of sp³-hybridized carbons (Fsp3) is 0.414. The molecule has 5 rings (SSSR count). The van der Waals surface area contributed by atoms with E-state index in [1.807, 2.05) is 0 Å². The van der Waals surface area contributed by atoms with E-state index in [0.29, 0.717) is 0 Å². The summed E-state index contributed by atoms with van der Waals surface area (Å²) in [4.78, 5) is 0. The minimum atomic E-state index is 0.222. The zero-order chi connectivity index (χ0) is 21.4. The molecule has 0 unspecified atom stereocenters. The highest BCUT2D eigenvalue weighted by Crippen LogP contribution is 2.48. The van der Waals surface area contributed by atoms with Crippen LogP contribution in [0.4, 0.5) is 0 Å². The summed E-state index contributed by atoms with van der Waals surface area (Å²) in [6.07, 6.45) is 5.97. The van der Waals surface area contributed by atoms with Crippen molar-refractivity contribution in [3.63, 3.8) is 0 Å². The average Bonchev–Trinajstić information content (AvgIpc) is 3.06. The smallest absolute Gasteiger partial charge is 0.201 e. The van der Waals surface area contributed by atoms with Crippen LogP contribution < -0.4 is 4.57 Å². The molecule has 0 saturated carbocycles. The van der Waals surface area contributed by atoms with Gasteiger partial charge in [-0.2, -0.15) is 0 Å². The first-order valence-electron chi connectivity index (χ1n) is 11.4. The Morgan fingerprint density at radius 2 is 1.43 bits per heavy atom. The van der Waals surface area contributed by atoms with Crippen LogP contribution in [0.25, 0.3) is 22.4 Å². The molecule has 0 radical (unpaired) electrons. The van der Waals surface area contributed by atoms with Crippen LogP contribution in [0.3, 0.4) is 0 Å². The first-order chi connectivity index (χ1) is 14.1. The van der Waals surface area contributed by atoms with E-state index in [1.165, 1.54) is 68.6 Å². The van der Waals surface area contributed by atoms with Gasteiger partial charge in [-0.15, -0.1) is 0 Å². The number of nitrogens with zero attached hydrogens (tertiary/aromatic N) is 1. The largest absolute Gasteiger partial charge is 0.213 e. The summed E-state index contributed by atoms with van der Waals surface area (Å²) in [6, 6.07) is 13.9. The molecular weight excluding hydrogens is 362 g/mol. The van der Waals surface area contributed by atoms with Gasteiger partial charge in [0.15, 0.2) is 6.20 Å². The van der Waals surface area contributed by atoms with Gasteiger partial charge >= 0.3 is 0 Å². The highest BCUT2D eigenvalue weighted by Gasteiger charge is 2.40. The maximum Gasteiger partial charge on any atom is 0.213 e. The van der Waals surface area contributed by atoms with E-state index >= 15 is 0 Å². The highest BCUT2D eigenvalue weighted by molar-refractivity contribution is 5.85. The van der Waals surface area contributed by atoms with Crippen LogP contribution in [-0.2, 0) is 24.3 Å². The number of hydrogen-bond donors (Lipinski definition) is 0. The minimum absolute atomic E-state index is 0.222. The summed E-state index contributed by atoms with van der Waals surface area (Å²) >= 11 is 0. The molecular formula is C29H34N+. The van der Waals surface area contributed by atoms with E-state index in [2.05, 4.69) is 95.8 Å². The third-order valence-electron chi connectivity index (χ3n) is 7.94. The Balaban J connectivity index is 1.77. The summed E-state index contributed by atoms with van der Waals surface area (Å²) in [7, 11) is 2.24. The van der Waals surface area contributed by atoms with Crippen molar-refractivity contribution in [3.8, 4) is 22.4 Å². The molecule has 1 aromatic heterocycles. The molecule has 0 fully saturated rings. The number of hydrogen-bond acceptors (Lipinski definition) is 0. The number of aromatic nitrogens is 1. The van der Waals surface area contributed by atoms with Gasteiger partial charge in [-0.05, 0) is 82.9 Å². The van der Waals surface area contributed by atoms with E-state index in [9.17, 15) is 0 Å². The maximum atomic E-state index is 2.52. The summed E-state index contributed by atoms with van der Waals surface area (Å²) in [5.74, 6) is 0. The predicted octanol–water partition coefficient (Wildman–Crippen LogP) is 6.72. The second-order valence-electron chi connectivity index (χ2n) is 10.9. The third-order valence-corrected chi connectivity index (χ3v) is 7.94. The Kier molecular flexibility index (Phi) is 4.10. The predicted molar refractivity (Wildman–Crippen MR) is 126 cm³/mol. The molecule has 0 N–H and O–H groups in total. The van der Waals surface area contributed by atoms with Gasteiger partial charge in [0.2, 0.25) is 5.69 Å². The van der Waals surface area contributed by atoms with E-state index in [0.717, 1.165) is 6.42 Å². The first-order valence-corrected chi connectivity index (χ1v) is 11.4. The summed E-state index contributed by atoms with van der Waals surface area (Å²) in [5.41, 5.74) is 15.0. The fourth-order valence-electron chi connectivity index (χ4n) is 5.81. The van der Waals surface area contributed by atoms with Gasteiger partial charge in [-0.3, -0.25) is 0 Å². The van der Waals surface area contributed by atoms with Crippen LogP contribution in [0.1, 0.15) is 73.9 Å². The highest BCUT2D eigenvalue weighted by atomic mass is 14.9. The van der Waals surface area contributed by atoms with E-state index in [-0.39, 0.29) is 10.8 Å². The Bertz CT molecular complexity index is 1190. The molecule has 0 atom stereocenters. The number of rotatable bonds is 1. The van der Waals surface area contributed by atoms with Gasteiger partial charge in [-0.25, -0.2) is 4.57 Å². The Hall–Kier alpha value is -2.41. The lowest BCUT2D eigenvalue weighted by Gasteiger charge is -2.40. The molecule has 154 valence electrons. The second kappa shape index (κ2) is 6.30. The normalized spacial score (nSPS) is 18.0. The van der Waals surface area contributed by atoms with Gasteiger partial charge in [-0.1, -0.05) is 58.0 Å². The Morgan fingerprint density at radius 1 is 0.767 bits per heavy atom. The van der Waals surface area contributed by atoms with Crippen LogP contribution in [0.15, 0.2) is 42.6 Å². The lowest BCUT2D eigenvalue weighted by Crippen LogP contribution is -2.40. The summed E-state index contributed by atoms with van der Waals surface area (Å²) in [6.45, 7) is 14.2. The van der Waals surface area contributed by atoms with Crippen molar-refractivity contribution in [2.45, 2.75) is 71.6 Å². The van der Waals surface area contributed by atoms with Crippen LogP contribution in [0.2, 0.25) is 0 Å². The van der Waals surface area contributed by atoms with Crippen LogP contribution in [0.5, 0.6) is 0 Å². The van der Waals surface area contributed by atoms with Crippen molar-refractivity contribution in [1.82, 2.24) is 0 Å². The van der Waals surface area contributed by atoms with Gasteiger partial charge < -0.3 is 0 Å². The summed E-state index contributed by atoms with van der Waals surface area (Å²) in [5, 5.41) is 0. The van der Waals surface area contributed by atoms with E-state index < -0.39 is 0 Å². The minimum Gasteiger partial charge on any atom is -0.201 e. The van der Waals surface area contributed by atoms with E-state index in [1.54, 1.807) is 0 Å². The van der Waals surface area contributed by atoms with Crippen LogP contribution in [0, 0.1) is 13.8 Å². The van der Waals surface area contributed by atoms with Crippen molar-refractivity contribution < 1.29 is 4.57 Å².